The molecule has 5 nitrogen and oxygen atoms in total. The Labute approximate surface area is 190 Å². The highest BCUT2D eigenvalue weighted by Crippen LogP contribution is 2.35. The number of rotatable bonds is 6. The van der Waals surface area contributed by atoms with Gasteiger partial charge in [-0.05, 0) is 47.5 Å². The van der Waals surface area contributed by atoms with Crippen LogP contribution in [0.3, 0.4) is 0 Å². The summed E-state index contributed by atoms with van der Waals surface area (Å²) in [6, 6.07) is 19.3. The minimum atomic E-state index is -0.455. The number of ether oxygens (including phenoxy) is 1. The van der Waals surface area contributed by atoms with E-state index in [9.17, 15) is 9.59 Å². The van der Waals surface area contributed by atoms with E-state index >= 15 is 0 Å². The number of amides is 2. The predicted molar refractivity (Wildman–Crippen MR) is 122 cm³/mol. The largest absolute Gasteiger partial charge is 0.497 e. The zero-order chi connectivity index (χ0) is 22.0. The standard InChI is InChI=1S/C24H20Cl2N2O3/c1-31-18-9-6-15(7-10-18)22(28-14-16-4-2-3-5-19(16)24(28)30)13-23(29)27-21-12-17(25)8-11-20(21)26/h2-12,22H,13-14H2,1H3,(H,27,29)/t22-/m1/s1. The van der Waals surface area contributed by atoms with Crippen LogP contribution in [0.2, 0.25) is 10.0 Å². The number of hydrogen-bond acceptors (Lipinski definition) is 3. The Bertz CT molecular complexity index is 1130. The molecule has 31 heavy (non-hydrogen) atoms. The number of carbonyl (C=O) groups is 2. The molecule has 0 radical (unpaired) electrons. The van der Waals surface area contributed by atoms with Gasteiger partial charge in [0.2, 0.25) is 5.91 Å². The van der Waals surface area contributed by atoms with Gasteiger partial charge < -0.3 is 15.0 Å². The van der Waals surface area contributed by atoms with Crippen LogP contribution >= 0.6 is 23.2 Å². The van der Waals surface area contributed by atoms with E-state index in [1.807, 2.05) is 48.5 Å². The third-order valence-corrected chi connectivity index (χ3v) is 5.87. The molecule has 0 bridgehead atoms. The number of halogens is 2. The summed E-state index contributed by atoms with van der Waals surface area (Å²) in [6.07, 6.45) is 0.0644. The molecule has 0 fully saturated rings. The van der Waals surface area contributed by atoms with E-state index in [0.717, 1.165) is 11.1 Å². The van der Waals surface area contributed by atoms with Gasteiger partial charge in [-0.25, -0.2) is 0 Å². The minimum Gasteiger partial charge on any atom is -0.497 e. The lowest BCUT2D eigenvalue weighted by Gasteiger charge is -2.28. The third-order valence-electron chi connectivity index (χ3n) is 5.31. The predicted octanol–water partition coefficient (Wildman–Crippen LogP) is 5.73. The maximum absolute atomic E-state index is 13.1. The zero-order valence-electron chi connectivity index (χ0n) is 16.8. The highest BCUT2D eigenvalue weighted by molar-refractivity contribution is 6.35. The van der Waals surface area contributed by atoms with Crippen LogP contribution in [0.5, 0.6) is 5.75 Å². The second-order valence-electron chi connectivity index (χ2n) is 7.26. The highest BCUT2D eigenvalue weighted by Gasteiger charge is 2.34. The molecule has 1 heterocycles. The second-order valence-corrected chi connectivity index (χ2v) is 8.10. The molecule has 0 unspecified atom stereocenters. The molecule has 3 aromatic rings. The SMILES string of the molecule is COc1ccc([C@@H](CC(=O)Nc2cc(Cl)ccc2Cl)N2Cc3ccccc3C2=O)cc1. The number of nitrogens with zero attached hydrogens (tertiary/aromatic N) is 1. The number of nitrogens with one attached hydrogen (secondary N) is 1. The van der Waals surface area contributed by atoms with Gasteiger partial charge >= 0.3 is 0 Å². The van der Waals surface area contributed by atoms with Crippen LogP contribution in [0.4, 0.5) is 5.69 Å². The van der Waals surface area contributed by atoms with E-state index in [-0.39, 0.29) is 18.2 Å². The topological polar surface area (TPSA) is 58.6 Å². The van der Waals surface area contributed by atoms with Gasteiger partial charge in [0, 0.05) is 17.1 Å². The van der Waals surface area contributed by atoms with E-state index in [0.29, 0.717) is 33.6 Å². The molecule has 0 spiro atoms. The molecule has 7 heteroatoms. The molecule has 0 saturated heterocycles. The van der Waals surface area contributed by atoms with Gasteiger partial charge in [-0.1, -0.05) is 53.5 Å². The molecule has 3 aromatic carbocycles. The van der Waals surface area contributed by atoms with Gasteiger partial charge in [0.05, 0.1) is 30.3 Å². The Morgan fingerprint density at radius 2 is 1.84 bits per heavy atom. The van der Waals surface area contributed by atoms with Crippen LogP contribution in [0.25, 0.3) is 0 Å². The van der Waals surface area contributed by atoms with Crippen molar-refractivity contribution in [2.45, 2.75) is 19.0 Å². The summed E-state index contributed by atoms with van der Waals surface area (Å²) in [7, 11) is 1.59. The van der Waals surface area contributed by atoms with Crippen molar-refractivity contribution in [2.75, 3.05) is 12.4 Å². The smallest absolute Gasteiger partial charge is 0.255 e. The molecule has 1 atom stereocenters. The van der Waals surface area contributed by atoms with Gasteiger partial charge in [0.15, 0.2) is 0 Å². The molecule has 1 aliphatic heterocycles. The van der Waals surface area contributed by atoms with Crippen LogP contribution in [-0.2, 0) is 11.3 Å². The molecule has 0 saturated carbocycles. The van der Waals surface area contributed by atoms with Gasteiger partial charge in [0.25, 0.3) is 5.91 Å². The molecule has 0 aliphatic carbocycles. The quantitative estimate of drug-likeness (QED) is 0.517. The molecule has 1 aliphatic rings. The molecule has 4 rings (SSSR count). The summed E-state index contributed by atoms with van der Waals surface area (Å²) >= 11 is 12.2. The van der Waals surface area contributed by atoms with Crippen molar-refractivity contribution < 1.29 is 14.3 Å². The van der Waals surface area contributed by atoms with Crippen molar-refractivity contribution in [3.63, 3.8) is 0 Å². The van der Waals surface area contributed by atoms with Gasteiger partial charge in [-0.15, -0.1) is 0 Å². The van der Waals surface area contributed by atoms with Gasteiger partial charge in [0.1, 0.15) is 5.75 Å². The zero-order valence-corrected chi connectivity index (χ0v) is 18.3. The van der Waals surface area contributed by atoms with Crippen molar-refractivity contribution in [3.8, 4) is 5.75 Å². The maximum atomic E-state index is 13.1. The van der Waals surface area contributed by atoms with Crippen molar-refractivity contribution in [1.82, 2.24) is 4.90 Å². The summed E-state index contributed by atoms with van der Waals surface area (Å²) < 4.78 is 5.24. The number of fused-ring (bicyclic) bond motifs is 1. The van der Waals surface area contributed by atoms with Crippen molar-refractivity contribution in [1.29, 1.82) is 0 Å². The molecular formula is C24H20Cl2N2O3. The monoisotopic (exact) mass is 454 g/mol. The summed E-state index contributed by atoms with van der Waals surface area (Å²) in [4.78, 5) is 27.8. The third kappa shape index (κ3) is 4.53. The number of carbonyl (C=O) groups excluding carboxylic acids is 2. The first-order valence-corrected chi connectivity index (χ1v) is 10.5. The number of methoxy groups -OCH3 is 1. The van der Waals surface area contributed by atoms with Crippen LogP contribution in [0.15, 0.2) is 66.7 Å². The fourth-order valence-electron chi connectivity index (χ4n) is 3.73. The first kappa shape index (κ1) is 21.2. The summed E-state index contributed by atoms with van der Waals surface area (Å²) in [5, 5.41) is 3.68. The minimum absolute atomic E-state index is 0.0644. The number of hydrogen-bond donors (Lipinski definition) is 1. The fraction of sp³-hybridized carbons (Fsp3) is 0.167. The van der Waals surface area contributed by atoms with Crippen molar-refractivity contribution >= 4 is 40.7 Å². The van der Waals surface area contributed by atoms with E-state index < -0.39 is 6.04 Å². The van der Waals surface area contributed by atoms with Crippen molar-refractivity contribution in [2.24, 2.45) is 0 Å². The lowest BCUT2D eigenvalue weighted by atomic mass is 10.0. The maximum Gasteiger partial charge on any atom is 0.255 e. The summed E-state index contributed by atoms with van der Waals surface area (Å²) in [5.41, 5.74) is 2.89. The van der Waals surface area contributed by atoms with E-state index in [1.54, 1.807) is 30.2 Å². The molecule has 0 aromatic heterocycles. The average Bonchev–Trinajstić information content (AvgIpc) is 3.11. The second kappa shape index (κ2) is 9.00. The lowest BCUT2D eigenvalue weighted by Crippen LogP contribution is -2.32. The van der Waals surface area contributed by atoms with E-state index in [1.165, 1.54) is 0 Å². The Morgan fingerprint density at radius 3 is 2.55 bits per heavy atom. The first-order valence-electron chi connectivity index (χ1n) is 9.74. The van der Waals surface area contributed by atoms with E-state index in [2.05, 4.69) is 5.32 Å². The van der Waals surface area contributed by atoms with E-state index in [4.69, 9.17) is 27.9 Å². The normalized spacial score (nSPS) is 13.6. The number of benzene rings is 3. The Morgan fingerprint density at radius 1 is 1.10 bits per heavy atom. The van der Waals surface area contributed by atoms with Crippen LogP contribution < -0.4 is 10.1 Å². The lowest BCUT2D eigenvalue weighted by molar-refractivity contribution is -0.117. The van der Waals surface area contributed by atoms with Crippen LogP contribution in [0.1, 0.15) is 33.9 Å². The Balaban J connectivity index is 1.62. The Kier molecular flexibility index (Phi) is 6.16. The summed E-state index contributed by atoms with van der Waals surface area (Å²) in [5.74, 6) is 0.340. The molecule has 158 valence electrons. The highest BCUT2D eigenvalue weighted by atomic mass is 35.5. The first-order chi connectivity index (χ1) is 15.0. The fourth-order valence-corrected chi connectivity index (χ4v) is 4.07. The summed E-state index contributed by atoms with van der Waals surface area (Å²) in [6.45, 7) is 0.441. The average molecular weight is 455 g/mol. The van der Waals surface area contributed by atoms with Gasteiger partial charge in [-0.2, -0.15) is 0 Å². The van der Waals surface area contributed by atoms with Crippen LogP contribution in [0, 0.1) is 0 Å². The number of anilines is 1. The molecular weight excluding hydrogens is 435 g/mol. The van der Waals surface area contributed by atoms with Crippen molar-refractivity contribution in [3.05, 3.63) is 93.5 Å². The van der Waals surface area contributed by atoms with Gasteiger partial charge in [-0.3, -0.25) is 9.59 Å². The molecule has 1 N–H and O–H groups in total. The Hall–Kier alpha value is -3.02. The molecule has 2 amide bonds. The van der Waals surface area contributed by atoms with Crippen LogP contribution in [-0.4, -0.2) is 23.8 Å².